The summed E-state index contributed by atoms with van der Waals surface area (Å²) in [5.41, 5.74) is 0.0935. The minimum absolute atomic E-state index is 0.0356. The summed E-state index contributed by atoms with van der Waals surface area (Å²) in [5.74, 6) is -0.136. The second kappa shape index (κ2) is 6.22. The van der Waals surface area contributed by atoms with E-state index in [4.69, 9.17) is 9.47 Å². The van der Waals surface area contributed by atoms with Crippen molar-refractivity contribution in [3.8, 4) is 5.75 Å². The fraction of sp³-hybridized carbons (Fsp3) is 0.562. The molecule has 0 saturated carbocycles. The van der Waals surface area contributed by atoms with Crippen molar-refractivity contribution in [2.45, 2.75) is 6.04 Å². The summed E-state index contributed by atoms with van der Waals surface area (Å²) in [4.78, 5) is 16.8. The van der Waals surface area contributed by atoms with Gasteiger partial charge in [-0.25, -0.2) is 4.39 Å². The molecule has 0 aliphatic carbocycles. The quantitative estimate of drug-likeness (QED) is 0.824. The van der Waals surface area contributed by atoms with Crippen LogP contribution >= 0.6 is 0 Å². The van der Waals surface area contributed by atoms with Gasteiger partial charge in [-0.2, -0.15) is 0 Å². The molecule has 0 unspecified atom stereocenters. The predicted molar refractivity (Wildman–Crippen MR) is 79.6 cm³/mol. The lowest BCUT2D eigenvalue weighted by atomic mass is 10.1. The van der Waals surface area contributed by atoms with Gasteiger partial charge in [-0.1, -0.05) is 0 Å². The van der Waals surface area contributed by atoms with E-state index < -0.39 is 5.82 Å². The number of carbonyl (C=O) groups is 1. The smallest absolute Gasteiger partial charge is 0.257 e. The molecule has 0 N–H and O–H groups in total. The summed E-state index contributed by atoms with van der Waals surface area (Å²) in [5, 5.41) is 0. The first-order valence-electron chi connectivity index (χ1n) is 7.49. The molecule has 2 atom stereocenters. The van der Waals surface area contributed by atoms with Crippen molar-refractivity contribution in [3.63, 3.8) is 0 Å². The molecule has 120 valence electrons. The maximum absolute atomic E-state index is 14.2. The van der Waals surface area contributed by atoms with Gasteiger partial charge >= 0.3 is 0 Å². The van der Waals surface area contributed by atoms with Crippen molar-refractivity contribution in [3.05, 3.63) is 29.6 Å². The van der Waals surface area contributed by atoms with Crippen molar-refractivity contribution in [2.75, 3.05) is 47.0 Å². The van der Waals surface area contributed by atoms with Crippen molar-refractivity contribution in [1.29, 1.82) is 0 Å². The van der Waals surface area contributed by atoms with E-state index in [9.17, 15) is 9.18 Å². The number of halogens is 1. The van der Waals surface area contributed by atoms with Gasteiger partial charge in [-0.3, -0.25) is 4.79 Å². The average Bonchev–Trinajstić information content (AvgIpc) is 2.76. The van der Waals surface area contributed by atoms with Crippen LogP contribution in [0, 0.1) is 11.7 Å². The largest absolute Gasteiger partial charge is 0.497 e. The summed E-state index contributed by atoms with van der Waals surface area (Å²) < 4.78 is 24.8. The monoisotopic (exact) mass is 308 g/mol. The second-order valence-corrected chi connectivity index (χ2v) is 6.08. The second-order valence-electron chi connectivity index (χ2n) is 6.08. The third-order valence-electron chi connectivity index (χ3n) is 4.32. The molecule has 1 aromatic carbocycles. The van der Waals surface area contributed by atoms with Gasteiger partial charge in [-0.15, -0.1) is 0 Å². The highest BCUT2D eigenvalue weighted by Gasteiger charge is 2.35. The molecule has 2 aliphatic rings. The molecule has 0 aromatic heterocycles. The Morgan fingerprint density at radius 3 is 2.86 bits per heavy atom. The number of carbonyl (C=O) groups excluding carboxylic acids is 1. The highest BCUT2D eigenvalue weighted by molar-refractivity contribution is 5.95. The molecular formula is C16H21FN2O3. The Kier molecular flexibility index (Phi) is 4.31. The normalized spacial score (nSPS) is 25.7. The number of likely N-dealkylation sites (N-methyl/N-ethyl adjacent to an activating group) is 1. The molecule has 22 heavy (non-hydrogen) atoms. The zero-order valence-electron chi connectivity index (χ0n) is 12.9. The van der Waals surface area contributed by atoms with Crippen LogP contribution in [0.5, 0.6) is 5.75 Å². The van der Waals surface area contributed by atoms with Crippen molar-refractivity contribution in [2.24, 2.45) is 5.92 Å². The molecule has 2 aliphatic heterocycles. The maximum Gasteiger partial charge on any atom is 0.257 e. The molecule has 2 fully saturated rings. The number of methoxy groups -OCH3 is 1. The molecule has 1 amide bonds. The number of hydrogen-bond donors (Lipinski definition) is 0. The maximum atomic E-state index is 14.2. The first-order valence-corrected chi connectivity index (χ1v) is 7.49. The van der Waals surface area contributed by atoms with Crippen LogP contribution in [0.1, 0.15) is 10.4 Å². The van der Waals surface area contributed by atoms with E-state index in [2.05, 4.69) is 4.90 Å². The van der Waals surface area contributed by atoms with Crippen LogP contribution < -0.4 is 4.74 Å². The van der Waals surface area contributed by atoms with Crippen molar-refractivity contribution < 1.29 is 18.7 Å². The number of nitrogens with zero attached hydrogens (tertiary/aromatic N) is 2. The molecule has 3 rings (SSSR count). The van der Waals surface area contributed by atoms with Gasteiger partial charge in [0.15, 0.2) is 0 Å². The van der Waals surface area contributed by atoms with E-state index in [1.807, 2.05) is 7.05 Å². The third kappa shape index (κ3) is 2.94. The topological polar surface area (TPSA) is 42.0 Å². The Morgan fingerprint density at radius 2 is 2.14 bits per heavy atom. The van der Waals surface area contributed by atoms with E-state index in [1.54, 1.807) is 11.0 Å². The standard InChI is InChI=1S/C16H21FN2O3/c1-18-6-11-7-19(12(8-18)10-22-9-11)16(20)14-4-3-13(21-2)5-15(14)17/h3-5,11-12H,6-10H2,1-2H3/t11-,12-/m0/s1. The molecule has 6 heteroatoms. The van der Waals surface area contributed by atoms with E-state index in [-0.39, 0.29) is 23.4 Å². The molecule has 2 bridgehead atoms. The van der Waals surface area contributed by atoms with E-state index in [0.29, 0.717) is 25.5 Å². The number of ether oxygens (including phenoxy) is 2. The zero-order valence-corrected chi connectivity index (χ0v) is 12.9. The van der Waals surface area contributed by atoms with Crippen LogP contribution in [0.3, 0.4) is 0 Å². The molecule has 0 spiro atoms. The summed E-state index contributed by atoms with van der Waals surface area (Å²) in [6, 6.07) is 4.32. The number of benzene rings is 1. The number of rotatable bonds is 2. The number of hydrogen-bond acceptors (Lipinski definition) is 4. The van der Waals surface area contributed by atoms with E-state index in [0.717, 1.165) is 13.1 Å². The van der Waals surface area contributed by atoms with Gasteiger partial charge in [0.1, 0.15) is 11.6 Å². The third-order valence-corrected chi connectivity index (χ3v) is 4.32. The Labute approximate surface area is 129 Å². The molecule has 2 heterocycles. The Balaban J connectivity index is 1.87. The molecular weight excluding hydrogens is 287 g/mol. The van der Waals surface area contributed by atoms with Crippen LogP contribution in [0.2, 0.25) is 0 Å². The molecule has 5 nitrogen and oxygen atoms in total. The minimum Gasteiger partial charge on any atom is -0.497 e. The van der Waals surface area contributed by atoms with Gasteiger partial charge in [0.2, 0.25) is 0 Å². The number of fused-ring (bicyclic) bond motifs is 3. The van der Waals surface area contributed by atoms with Crippen molar-refractivity contribution in [1.82, 2.24) is 9.80 Å². The van der Waals surface area contributed by atoms with Gasteiger partial charge in [0.05, 0.1) is 31.9 Å². The van der Waals surface area contributed by atoms with Gasteiger partial charge in [0, 0.05) is 31.6 Å². The van der Waals surface area contributed by atoms with Crippen molar-refractivity contribution >= 4 is 5.91 Å². The van der Waals surface area contributed by atoms with E-state index in [1.165, 1.54) is 19.2 Å². The zero-order chi connectivity index (χ0) is 15.7. The van der Waals surface area contributed by atoms with Gasteiger partial charge in [-0.05, 0) is 19.2 Å². The Morgan fingerprint density at radius 1 is 1.32 bits per heavy atom. The lowest BCUT2D eigenvalue weighted by molar-refractivity contribution is 0.0481. The van der Waals surface area contributed by atoms with Crippen LogP contribution in [-0.4, -0.2) is 68.8 Å². The summed E-state index contributed by atoms with van der Waals surface area (Å²) >= 11 is 0. The fourth-order valence-electron chi connectivity index (χ4n) is 3.28. The van der Waals surface area contributed by atoms with Crippen LogP contribution in [-0.2, 0) is 4.74 Å². The van der Waals surface area contributed by atoms with Crippen LogP contribution in [0.4, 0.5) is 4.39 Å². The van der Waals surface area contributed by atoms with Gasteiger partial charge < -0.3 is 19.3 Å². The first-order chi connectivity index (χ1) is 10.6. The van der Waals surface area contributed by atoms with E-state index >= 15 is 0 Å². The fourth-order valence-corrected chi connectivity index (χ4v) is 3.28. The highest BCUT2D eigenvalue weighted by Crippen LogP contribution is 2.23. The molecule has 1 aromatic rings. The van der Waals surface area contributed by atoms with Gasteiger partial charge in [0.25, 0.3) is 5.91 Å². The molecule has 2 saturated heterocycles. The SMILES string of the molecule is COc1ccc(C(=O)N2C[C@H]3COC[C@@H]2CN(C)C3)c(F)c1. The summed E-state index contributed by atoms with van der Waals surface area (Å²) in [6.45, 7) is 3.41. The van der Waals surface area contributed by atoms with Crippen LogP contribution in [0.25, 0.3) is 0 Å². The highest BCUT2D eigenvalue weighted by atomic mass is 19.1. The lowest BCUT2D eigenvalue weighted by Gasteiger charge is -2.29. The first kappa shape index (κ1) is 15.2. The average molecular weight is 308 g/mol. The Bertz CT molecular complexity index is 566. The summed E-state index contributed by atoms with van der Waals surface area (Å²) in [7, 11) is 3.52. The minimum atomic E-state index is -0.544. The Hall–Kier alpha value is -1.66. The number of amides is 1. The van der Waals surface area contributed by atoms with Crippen LogP contribution in [0.15, 0.2) is 18.2 Å². The lowest BCUT2D eigenvalue weighted by Crippen LogP contribution is -2.46. The molecule has 0 radical (unpaired) electrons. The predicted octanol–water partition coefficient (Wildman–Crippen LogP) is 1.24. The summed E-state index contributed by atoms with van der Waals surface area (Å²) in [6.07, 6.45) is 0.